The van der Waals surface area contributed by atoms with Gasteiger partial charge in [-0.2, -0.15) is 0 Å². The van der Waals surface area contributed by atoms with Gasteiger partial charge in [-0.25, -0.2) is 0 Å². The maximum Gasteiger partial charge on any atom is 0.257 e. The van der Waals surface area contributed by atoms with Crippen LogP contribution in [0.2, 0.25) is 0 Å². The van der Waals surface area contributed by atoms with Crippen LogP contribution in [0, 0.1) is 0 Å². The van der Waals surface area contributed by atoms with Gasteiger partial charge in [-0.1, -0.05) is 12.1 Å². The first kappa shape index (κ1) is 22.6. The molecule has 0 saturated carbocycles. The van der Waals surface area contributed by atoms with Crippen molar-refractivity contribution in [3.8, 4) is 11.5 Å². The molecule has 0 fully saturated rings. The second-order valence-corrected chi connectivity index (χ2v) is 6.26. The van der Waals surface area contributed by atoms with Crippen LogP contribution in [0.1, 0.15) is 17.3 Å². The van der Waals surface area contributed by atoms with E-state index < -0.39 is 0 Å². The van der Waals surface area contributed by atoms with Gasteiger partial charge in [0.05, 0.1) is 13.2 Å². The Morgan fingerprint density at radius 3 is 2.38 bits per heavy atom. The van der Waals surface area contributed by atoms with Crippen molar-refractivity contribution in [3.05, 3.63) is 54.1 Å². The first-order valence-electron chi connectivity index (χ1n) is 9.27. The van der Waals surface area contributed by atoms with Gasteiger partial charge in [0.25, 0.3) is 5.91 Å². The lowest BCUT2D eigenvalue weighted by Gasteiger charge is -2.12. The molecule has 0 atom stereocenters. The molecule has 0 aliphatic carbocycles. The van der Waals surface area contributed by atoms with Gasteiger partial charge in [0.1, 0.15) is 24.7 Å². The predicted octanol–water partition coefficient (Wildman–Crippen LogP) is 3.25. The highest BCUT2D eigenvalue weighted by Gasteiger charge is 2.09. The van der Waals surface area contributed by atoms with Crippen LogP contribution in [0.4, 0.5) is 5.69 Å². The number of ether oxygens (including phenoxy) is 4. The van der Waals surface area contributed by atoms with Gasteiger partial charge in [-0.15, -0.1) is 0 Å². The summed E-state index contributed by atoms with van der Waals surface area (Å²) in [4.78, 5) is 12.5. The molecule has 0 unspecified atom stereocenters. The smallest absolute Gasteiger partial charge is 0.257 e. The van der Waals surface area contributed by atoms with E-state index in [9.17, 15) is 4.79 Å². The number of amides is 1. The largest absolute Gasteiger partial charge is 0.491 e. The number of carbonyl (C=O) groups excluding carboxylic acids is 1. The lowest BCUT2D eigenvalue weighted by Crippen LogP contribution is -2.34. The molecule has 2 aromatic carbocycles. The Kier molecular flexibility index (Phi) is 9.91. The second-order valence-electron chi connectivity index (χ2n) is 5.85. The highest BCUT2D eigenvalue weighted by molar-refractivity contribution is 7.80. The fraction of sp³-hybridized carbons (Fsp3) is 0.333. The highest BCUT2D eigenvalue weighted by Crippen LogP contribution is 2.17. The SMILES string of the molecule is CCOCCOc1cccc(C(=O)NC(=S)Nc2cccc(OCCOC)c2)c1. The van der Waals surface area contributed by atoms with E-state index in [2.05, 4.69) is 10.6 Å². The molecule has 0 aliphatic heterocycles. The minimum absolute atomic E-state index is 0.187. The fourth-order valence-electron chi connectivity index (χ4n) is 2.33. The van der Waals surface area contributed by atoms with Gasteiger partial charge in [-0.05, 0) is 49.5 Å². The van der Waals surface area contributed by atoms with Crippen LogP contribution in [0.25, 0.3) is 0 Å². The molecule has 1 amide bonds. The number of anilines is 1. The summed E-state index contributed by atoms with van der Waals surface area (Å²) in [6.07, 6.45) is 0. The molecule has 2 aromatic rings. The van der Waals surface area contributed by atoms with E-state index in [4.69, 9.17) is 31.2 Å². The molecule has 7 nitrogen and oxygen atoms in total. The second kappa shape index (κ2) is 12.7. The van der Waals surface area contributed by atoms with Crippen molar-refractivity contribution in [2.45, 2.75) is 6.92 Å². The van der Waals surface area contributed by atoms with Crippen molar-refractivity contribution in [2.24, 2.45) is 0 Å². The summed E-state index contributed by atoms with van der Waals surface area (Å²) in [5.74, 6) is 0.945. The Hall–Kier alpha value is -2.68. The number of methoxy groups -OCH3 is 1. The van der Waals surface area contributed by atoms with Crippen LogP contribution in [0.5, 0.6) is 11.5 Å². The molecule has 0 saturated heterocycles. The van der Waals surface area contributed by atoms with Gasteiger partial charge in [0.2, 0.25) is 0 Å². The average molecular weight is 419 g/mol. The Morgan fingerprint density at radius 2 is 1.66 bits per heavy atom. The van der Waals surface area contributed by atoms with Gasteiger partial charge in [0, 0.05) is 31.0 Å². The number of nitrogens with one attached hydrogen (secondary N) is 2. The van der Waals surface area contributed by atoms with Crippen molar-refractivity contribution < 1.29 is 23.7 Å². The maximum atomic E-state index is 12.5. The van der Waals surface area contributed by atoms with Crippen LogP contribution in [-0.4, -0.2) is 51.2 Å². The molecule has 0 aromatic heterocycles. The maximum absolute atomic E-state index is 12.5. The van der Waals surface area contributed by atoms with E-state index in [-0.39, 0.29) is 11.0 Å². The normalized spacial score (nSPS) is 10.3. The number of carbonyl (C=O) groups is 1. The molecule has 0 bridgehead atoms. The minimum Gasteiger partial charge on any atom is -0.491 e. The quantitative estimate of drug-likeness (QED) is 0.428. The van der Waals surface area contributed by atoms with Crippen molar-refractivity contribution in [2.75, 3.05) is 45.5 Å². The molecule has 0 aliphatic rings. The molecule has 0 radical (unpaired) electrons. The third kappa shape index (κ3) is 8.47. The van der Waals surface area contributed by atoms with Gasteiger partial charge < -0.3 is 24.3 Å². The molecule has 2 N–H and O–H groups in total. The Bertz CT molecular complexity index is 800. The highest BCUT2D eigenvalue weighted by atomic mass is 32.1. The Balaban J connectivity index is 1.87. The van der Waals surface area contributed by atoms with Gasteiger partial charge in [-0.3, -0.25) is 10.1 Å². The number of hydrogen-bond acceptors (Lipinski definition) is 6. The monoisotopic (exact) mass is 418 g/mol. The molecule has 0 heterocycles. The Morgan fingerprint density at radius 1 is 0.966 bits per heavy atom. The zero-order valence-corrected chi connectivity index (χ0v) is 17.4. The number of benzene rings is 2. The summed E-state index contributed by atoms with van der Waals surface area (Å²) in [6, 6.07) is 14.2. The molecular formula is C21H26N2O5S. The van der Waals surface area contributed by atoms with E-state index in [1.807, 2.05) is 25.1 Å². The third-order valence-corrected chi connectivity index (χ3v) is 3.88. The standard InChI is InChI=1S/C21H26N2O5S/c1-3-26-11-13-28-18-8-4-6-16(14-18)20(24)23-21(29)22-17-7-5-9-19(15-17)27-12-10-25-2/h4-9,14-15H,3,10-13H2,1-2H3,(H2,22,23,24,29). The molecule has 8 heteroatoms. The summed E-state index contributed by atoms with van der Waals surface area (Å²) in [5, 5.41) is 5.82. The summed E-state index contributed by atoms with van der Waals surface area (Å²) < 4.78 is 21.3. The fourth-order valence-corrected chi connectivity index (χ4v) is 2.54. The topological polar surface area (TPSA) is 78.1 Å². The number of rotatable bonds is 11. The van der Waals surface area contributed by atoms with Crippen LogP contribution >= 0.6 is 12.2 Å². The zero-order valence-electron chi connectivity index (χ0n) is 16.6. The van der Waals surface area contributed by atoms with Crippen LogP contribution < -0.4 is 20.1 Å². The van der Waals surface area contributed by atoms with E-state index in [1.165, 1.54) is 0 Å². The van der Waals surface area contributed by atoms with E-state index >= 15 is 0 Å². The number of hydrogen-bond donors (Lipinski definition) is 2. The summed E-state index contributed by atoms with van der Waals surface area (Å²) in [6.45, 7) is 4.42. The third-order valence-electron chi connectivity index (χ3n) is 3.67. The molecule has 29 heavy (non-hydrogen) atoms. The average Bonchev–Trinajstić information content (AvgIpc) is 2.72. The molecular weight excluding hydrogens is 392 g/mol. The van der Waals surface area contributed by atoms with E-state index in [0.29, 0.717) is 55.8 Å². The molecule has 0 spiro atoms. The zero-order chi connectivity index (χ0) is 20.9. The van der Waals surface area contributed by atoms with Crippen LogP contribution in [0.3, 0.4) is 0 Å². The summed E-state index contributed by atoms with van der Waals surface area (Å²) >= 11 is 5.24. The summed E-state index contributed by atoms with van der Waals surface area (Å²) in [7, 11) is 1.62. The Labute approximate surface area is 176 Å². The van der Waals surface area contributed by atoms with Crippen molar-refractivity contribution in [3.63, 3.8) is 0 Å². The van der Waals surface area contributed by atoms with Crippen molar-refractivity contribution in [1.29, 1.82) is 0 Å². The van der Waals surface area contributed by atoms with E-state index in [1.54, 1.807) is 37.4 Å². The number of thiocarbonyl (C=S) groups is 1. The van der Waals surface area contributed by atoms with Gasteiger partial charge >= 0.3 is 0 Å². The first-order valence-corrected chi connectivity index (χ1v) is 9.68. The lowest BCUT2D eigenvalue weighted by molar-refractivity contribution is 0.0976. The van der Waals surface area contributed by atoms with Gasteiger partial charge in [0.15, 0.2) is 5.11 Å². The molecule has 156 valence electrons. The van der Waals surface area contributed by atoms with Crippen molar-refractivity contribution >= 4 is 28.9 Å². The molecule has 2 rings (SSSR count). The van der Waals surface area contributed by atoms with Crippen molar-refractivity contribution in [1.82, 2.24) is 5.32 Å². The summed E-state index contributed by atoms with van der Waals surface area (Å²) in [5.41, 5.74) is 1.15. The van der Waals surface area contributed by atoms with E-state index in [0.717, 1.165) is 0 Å². The lowest BCUT2D eigenvalue weighted by atomic mass is 10.2. The first-order chi connectivity index (χ1) is 14.1. The minimum atomic E-state index is -0.328. The van der Waals surface area contributed by atoms with Crippen LogP contribution in [-0.2, 0) is 9.47 Å². The predicted molar refractivity (Wildman–Crippen MR) is 116 cm³/mol. The van der Waals surface area contributed by atoms with Crippen LogP contribution in [0.15, 0.2) is 48.5 Å².